The summed E-state index contributed by atoms with van der Waals surface area (Å²) in [6.07, 6.45) is 2.75. The zero-order chi connectivity index (χ0) is 24.1. The summed E-state index contributed by atoms with van der Waals surface area (Å²) in [5.41, 5.74) is 2.18. The van der Waals surface area contributed by atoms with Crippen LogP contribution in [0.25, 0.3) is 11.4 Å². The molecule has 1 saturated heterocycles. The van der Waals surface area contributed by atoms with E-state index in [4.69, 9.17) is 11.6 Å². The number of nitrogens with one attached hydrogen (secondary N) is 1. The lowest BCUT2D eigenvalue weighted by Gasteiger charge is -2.31. The predicted octanol–water partition coefficient (Wildman–Crippen LogP) is 4.29. The Morgan fingerprint density at radius 1 is 1.18 bits per heavy atom. The molecule has 2 aromatic heterocycles. The van der Waals surface area contributed by atoms with Crippen LogP contribution < -0.4 is 5.32 Å². The van der Waals surface area contributed by atoms with Crippen LogP contribution in [0, 0.1) is 12.8 Å². The van der Waals surface area contributed by atoms with Crippen LogP contribution >= 0.6 is 23.4 Å². The van der Waals surface area contributed by atoms with Gasteiger partial charge in [0, 0.05) is 37.3 Å². The number of piperidine rings is 1. The highest BCUT2D eigenvalue weighted by Gasteiger charge is 2.28. The maximum atomic E-state index is 12.8. The molecule has 10 heteroatoms. The Morgan fingerprint density at radius 3 is 2.65 bits per heavy atom. The van der Waals surface area contributed by atoms with Gasteiger partial charge in [0.15, 0.2) is 11.0 Å². The van der Waals surface area contributed by atoms with Crippen LogP contribution in [0.15, 0.2) is 47.8 Å². The molecule has 0 aliphatic carbocycles. The normalized spacial score (nSPS) is 14.3. The molecule has 1 aromatic carbocycles. The van der Waals surface area contributed by atoms with Crippen LogP contribution in [0.3, 0.4) is 0 Å². The molecule has 34 heavy (non-hydrogen) atoms. The number of carbonyl (C=O) groups is 2. The third-order valence-electron chi connectivity index (χ3n) is 5.83. The molecule has 0 unspecified atom stereocenters. The molecular weight excluding hydrogens is 472 g/mol. The summed E-state index contributed by atoms with van der Waals surface area (Å²) in [6.45, 7) is 5.92. The zero-order valence-corrected chi connectivity index (χ0v) is 20.8. The summed E-state index contributed by atoms with van der Waals surface area (Å²) in [6, 6.07) is 11.5. The molecule has 1 N–H and O–H groups in total. The zero-order valence-electron chi connectivity index (χ0n) is 19.2. The van der Waals surface area contributed by atoms with Crippen molar-refractivity contribution in [3.63, 3.8) is 0 Å². The number of aryl methyl sites for hydroxylation is 1. The van der Waals surface area contributed by atoms with Gasteiger partial charge < -0.3 is 14.8 Å². The number of hydrogen-bond acceptors (Lipinski definition) is 6. The van der Waals surface area contributed by atoms with Gasteiger partial charge in [0.25, 0.3) is 0 Å². The van der Waals surface area contributed by atoms with Crippen LogP contribution in [-0.2, 0) is 16.1 Å². The first-order chi connectivity index (χ1) is 16.4. The smallest absolute Gasteiger partial charge is 0.233 e. The van der Waals surface area contributed by atoms with E-state index in [-0.39, 0.29) is 23.5 Å². The van der Waals surface area contributed by atoms with Gasteiger partial charge in [-0.1, -0.05) is 47.1 Å². The van der Waals surface area contributed by atoms with Crippen LogP contribution in [0.2, 0.25) is 5.02 Å². The van der Waals surface area contributed by atoms with Crippen LogP contribution in [-0.4, -0.2) is 55.3 Å². The summed E-state index contributed by atoms with van der Waals surface area (Å²) in [7, 11) is 0. The monoisotopic (exact) mass is 498 g/mol. The number of anilines is 1. The molecule has 0 bridgehead atoms. The van der Waals surface area contributed by atoms with E-state index in [1.165, 1.54) is 18.0 Å². The molecule has 3 aromatic rings. The van der Waals surface area contributed by atoms with Crippen molar-refractivity contribution >= 4 is 41.0 Å². The Labute approximate surface area is 208 Å². The average Bonchev–Trinajstić information content (AvgIpc) is 3.27. The summed E-state index contributed by atoms with van der Waals surface area (Å²) in [5.74, 6) is 1.41. The van der Waals surface area contributed by atoms with Crippen LogP contribution in [0.5, 0.6) is 0 Å². The first-order valence-corrected chi connectivity index (χ1v) is 12.6. The molecule has 1 fully saturated rings. The number of likely N-dealkylation sites (tertiary alicyclic amines) is 1. The number of amides is 2. The molecule has 0 spiro atoms. The van der Waals surface area contributed by atoms with Crippen molar-refractivity contribution < 1.29 is 9.59 Å². The number of halogens is 1. The average molecular weight is 499 g/mol. The van der Waals surface area contributed by atoms with Crippen molar-refractivity contribution in [3.05, 3.63) is 53.2 Å². The van der Waals surface area contributed by atoms with Gasteiger partial charge in [-0.05, 0) is 44.9 Å². The maximum Gasteiger partial charge on any atom is 0.233 e. The van der Waals surface area contributed by atoms with Crippen molar-refractivity contribution in [3.8, 4) is 11.4 Å². The van der Waals surface area contributed by atoms with E-state index in [1.807, 2.05) is 41.5 Å². The number of benzene rings is 1. The lowest BCUT2D eigenvalue weighted by atomic mass is 9.96. The molecular formula is C24H27ClN6O2S. The summed E-state index contributed by atoms with van der Waals surface area (Å²) in [4.78, 5) is 31.3. The van der Waals surface area contributed by atoms with Crippen molar-refractivity contribution in [2.75, 3.05) is 24.2 Å². The fourth-order valence-electron chi connectivity index (χ4n) is 3.96. The molecule has 1 aliphatic rings. The minimum absolute atomic E-state index is 0.0472. The minimum Gasteiger partial charge on any atom is -0.342 e. The molecule has 0 saturated carbocycles. The van der Waals surface area contributed by atoms with Gasteiger partial charge in [0.05, 0.1) is 10.8 Å². The highest BCUT2D eigenvalue weighted by atomic mass is 35.5. The predicted molar refractivity (Wildman–Crippen MR) is 134 cm³/mol. The molecule has 2 amide bonds. The third-order valence-corrected chi connectivity index (χ3v) is 7.01. The maximum absolute atomic E-state index is 12.8. The van der Waals surface area contributed by atoms with E-state index in [0.29, 0.717) is 36.8 Å². The largest absolute Gasteiger partial charge is 0.342 e. The minimum atomic E-state index is -0.144. The van der Waals surface area contributed by atoms with E-state index < -0.39 is 0 Å². The number of thioether (sulfide) groups is 1. The molecule has 178 valence electrons. The number of nitrogens with zero attached hydrogens (tertiary/aromatic N) is 5. The lowest BCUT2D eigenvalue weighted by molar-refractivity contribution is -0.132. The third kappa shape index (κ3) is 5.77. The standard InChI is InChI=1S/C24H27ClN6O2S/c1-3-31-22(18-6-4-5-16(2)13-18)28-29-24(31)34-15-21(32)30-11-9-17(10-12-30)23(33)27-20-8-7-19(25)14-26-20/h4-8,13-14,17H,3,9-12,15H2,1-2H3,(H,26,27,33). The van der Waals surface area contributed by atoms with E-state index in [1.54, 1.807) is 12.1 Å². The Hall–Kier alpha value is -2.91. The van der Waals surface area contributed by atoms with Gasteiger partial charge >= 0.3 is 0 Å². The molecule has 3 heterocycles. The van der Waals surface area contributed by atoms with Gasteiger partial charge in [-0.3, -0.25) is 9.59 Å². The second kappa shape index (κ2) is 11.0. The second-order valence-corrected chi connectivity index (χ2v) is 9.59. The number of carbonyl (C=O) groups excluding carboxylic acids is 2. The number of rotatable bonds is 7. The molecule has 1 aliphatic heterocycles. The first-order valence-electron chi connectivity index (χ1n) is 11.3. The second-order valence-electron chi connectivity index (χ2n) is 8.21. The van der Waals surface area contributed by atoms with Gasteiger partial charge in [-0.2, -0.15) is 0 Å². The van der Waals surface area contributed by atoms with Gasteiger partial charge in [-0.25, -0.2) is 4.98 Å². The van der Waals surface area contributed by atoms with Crippen molar-refractivity contribution in [2.45, 2.75) is 38.4 Å². The van der Waals surface area contributed by atoms with Crippen molar-refractivity contribution in [1.29, 1.82) is 0 Å². The van der Waals surface area contributed by atoms with Gasteiger partial charge in [0.2, 0.25) is 11.8 Å². The van der Waals surface area contributed by atoms with E-state index in [2.05, 4.69) is 26.6 Å². The number of aromatic nitrogens is 4. The fourth-order valence-corrected chi connectivity index (χ4v) is 4.98. The first kappa shape index (κ1) is 24.2. The van der Waals surface area contributed by atoms with E-state index in [0.717, 1.165) is 28.7 Å². The topological polar surface area (TPSA) is 93.0 Å². The highest BCUT2D eigenvalue weighted by Crippen LogP contribution is 2.26. The van der Waals surface area contributed by atoms with Crippen LogP contribution in [0.1, 0.15) is 25.3 Å². The van der Waals surface area contributed by atoms with Gasteiger partial charge in [0.1, 0.15) is 5.82 Å². The highest BCUT2D eigenvalue weighted by molar-refractivity contribution is 7.99. The molecule has 4 rings (SSSR count). The van der Waals surface area contributed by atoms with Gasteiger partial charge in [-0.15, -0.1) is 10.2 Å². The molecule has 0 radical (unpaired) electrons. The summed E-state index contributed by atoms with van der Waals surface area (Å²) in [5, 5.41) is 12.8. The SMILES string of the molecule is CCn1c(SCC(=O)N2CCC(C(=O)Nc3ccc(Cl)cn3)CC2)nnc1-c1cccc(C)c1. The van der Waals surface area contributed by atoms with Crippen molar-refractivity contribution in [2.24, 2.45) is 5.92 Å². The lowest BCUT2D eigenvalue weighted by Crippen LogP contribution is -2.42. The Balaban J connectivity index is 1.29. The molecule has 8 nitrogen and oxygen atoms in total. The summed E-state index contributed by atoms with van der Waals surface area (Å²) >= 11 is 7.24. The van der Waals surface area contributed by atoms with Crippen molar-refractivity contribution in [1.82, 2.24) is 24.6 Å². The number of hydrogen-bond donors (Lipinski definition) is 1. The van der Waals surface area contributed by atoms with E-state index in [9.17, 15) is 9.59 Å². The van der Waals surface area contributed by atoms with E-state index >= 15 is 0 Å². The summed E-state index contributed by atoms with van der Waals surface area (Å²) < 4.78 is 2.04. The quantitative estimate of drug-likeness (QED) is 0.488. The Kier molecular flexibility index (Phi) is 7.84. The Morgan fingerprint density at radius 2 is 1.97 bits per heavy atom. The fraction of sp³-hybridized carbons (Fsp3) is 0.375. The Bertz CT molecular complexity index is 1160. The number of pyridine rings is 1. The molecule has 0 atom stereocenters. The van der Waals surface area contributed by atoms with Crippen LogP contribution in [0.4, 0.5) is 5.82 Å².